The van der Waals surface area contributed by atoms with Crippen molar-refractivity contribution in [3.63, 3.8) is 0 Å². The number of hydrogen-bond donors (Lipinski definition) is 1. The number of benzene rings is 1. The highest BCUT2D eigenvalue weighted by Crippen LogP contribution is 2.19. The van der Waals surface area contributed by atoms with Gasteiger partial charge in [-0.15, -0.1) is 0 Å². The summed E-state index contributed by atoms with van der Waals surface area (Å²) in [6.07, 6.45) is -0.0424. The zero-order valence-electron chi connectivity index (χ0n) is 14.9. The highest BCUT2D eigenvalue weighted by Gasteiger charge is 2.21. The van der Waals surface area contributed by atoms with Gasteiger partial charge in [-0.25, -0.2) is 0 Å². The van der Waals surface area contributed by atoms with Crippen molar-refractivity contribution in [2.75, 3.05) is 7.11 Å². The van der Waals surface area contributed by atoms with Gasteiger partial charge in [0.25, 0.3) is 0 Å². The summed E-state index contributed by atoms with van der Waals surface area (Å²) in [4.78, 5) is 11.7. The summed E-state index contributed by atoms with van der Waals surface area (Å²) in [6, 6.07) is 7.74. The number of aliphatic hydroxyl groups is 1. The van der Waals surface area contributed by atoms with E-state index in [-0.39, 0.29) is 30.1 Å². The Morgan fingerprint density at radius 2 is 1.74 bits per heavy atom. The highest BCUT2D eigenvalue weighted by molar-refractivity contribution is 5.80. The number of Topliss-reactive ketones (excluding diaryl/α,β-unsaturated/α-hetero) is 1. The molecule has 4 heteroatoms. The molecule has 0 bridgehead atoms. The minimum Gasteiger partial charge on any atom is -0.497 e. The molecule has 0 aliphatic heterocycles. The van der Waals surface area contributed by atoms with Crippen LogP contribution in [0.2, 0.25) is 0 Å². The summed E-state index contributed by atoms with van der Waals surface area (Å²) >= 11 is 0. The van der Waals surface area contributed by atoms with E-state index in [0.717, 1.165) is 11.3 Å². The van der Waals surface area contributed by atoms with Gasteiger partial charge in [-0.1, -0.05) is 39.8 Å². The van der Waals surface area contributed by atoms with Crippen molar-refractivity contribution in [2.24, 2.45) is 11.8 Å². The van der Waals surface area contributed by atoms with E-state index >= 15 is 0 Å². The molecule has 1 rings (SSSR count). The molecule has 0 spiro atoms. The summed E-state index contributed by atoms with van der Waals surface area (Å²) in [6.45, 7) is 8.33. The zero-order valence-corrected chi connectivity index (χ0v) is 14.9. The fourth-order valence-electron chi connectivity index (χ4n) is 2.28. The molecular weight excluding hydrogens is 292 g/mol. The zero-order chi connectivity index (χ0) is 17.4. The van der Waals surface area contributed by atoms with Crippen LogP contribution in [-0.2, 0) is 16.1 Å². The van der Waals surface area contributed by atoms with E-state index in [2.05, 4.69) is 13.8 Å². The largest absolute Gasteiger partial charge is 0.497 e. The van der Waals surface area contributed by atoms with Gasteiger partial charge in [0.05, 0.1) is 25.9 Å². The van der Waals surface area contributed by atoms with Crippen LogP contribution in [0.5, 0.6) is 5.75 Å². The molecule has 0 saturated heterocycles. The lowest BCUT2D eigenvalue weighted by atomic mass is 9.95. The Hall–Kier alpha value is -1.39. The maximum Gasteiger partial charge on any atom is 0.137 e. The Morgan fingerprint density at radius 3 is 2.22 bits per heavy atom. The molecule has 0 aromatic heterocycles. The molecule has 1 aromatic carbocycles. The maximum atomic E-state index is 11.7. The molecule has 1 N–H and O–H groups in total. The molecule has 0 unspecified atom stereocenters. The summed E-state index contributed by atoms with van der Waals surface area (Å²) in [7, 11) is 1.64. The minimum atomic E-state index is -0.645. The van der Waals surface area contributed by atoms with E-state index in [4.69, 9.17) is 9.47 Å². The van der Waals surface area contributed by atoms with Gasteiger partial charge < -0.3 is 14.6 Å². The fourth-order valence-corrected chi connectivity index (χ4v) is 2.28. The Balaban J connectivity index is 2.52. The Labute approximate surface area is 139 Å². The van der Waals surface area contributed by atoms with Crippen molar-refractivity contribution >= 4 is 5.78 Å². The van der Waals surface area contributed by atoms with Crippen molar-refractivity contribution < 1.29 is 19.4 Å². The summed E-state index contributed by atoms with van der Waals surface area (Å²) in [5.41, 5.74) is 1.06. The third-order valence-electron chi connectivity index (χ3n) is 3.95. The van der Waals surface area contributed by atoms with Crippen molar-refractivity contribution in [3.05, 3.63) is 29.8 Å². The van der Waals surface area contributed by atoms with Crippen LogP contribution in [0, 0.1) is 11.8 Å². The molecule has 0 heterocycles. The first-order chi connectivity index (χ1) is 10.8. The average Bonchev–Trinajstić information content (AvgIpc) is 2.51. The molecule has 130 valence electrons. The second kappa shape index (κ2) is 9.68. The molecule has 0 aliphatic rings. The molecule has 2 atom stereocenters. The molecule has 0 fully saturated rings. The van der Waals surface area contributed by atoms with E-state index in [9.17, 15) is 9.90 Å². The summed E-state index contributed by atoms with van der Waals surface area (Å²) in [5.74, 6) is 1.14. The Bertz CT molecular complexity index is 465. The van der Waals surface area contributed by atoms with Crippen molar-refractivity contribution in [2.45, 2.75) is 59.4 Å². The normalized spacial score (nSPS) is 14.1. The molecule has 0 saturated carbocycles. The number of ether oxygens (including phenoxy) is 2. The second-order valence-corrected chi connectivity index (χ2v) is 6.66. The number of hydrogen-bond acceptors (Lipinski definition) is 4. The van der Waals surface area contributed by atoms with E-state index in [0.29, 0.717) is 13.0 Å². The quantitative estimate of drug-likeness (QED) is 0.715. The van der Waals surface area contributed by atoms with Crippen LogP contribution in [0.3, 0.4) is 0 Å². The Kier molecular flexibility index (Phi) is 8.28. The van der Waals surface area contributed by atoms with E-state index in [1.54, 1.807) is 7.11 Å². The van der Waals surface area contributed by atoms with Crippen LogP contribution < -0.4 is 4.74 Å². The predicted octanol–water partition coefficient (Wildman–Crippen LogP) is 3.60. The van der Waals surface area contributed by atoms with Gasteiger partial charge in [0.15, 0.2) is 0 Å². The van der Waals surface area contributed by atoms with Gasteiger partial charge in [0, 0.05) is 18.8 Å². The average molecular weight is 322 g/mol. The lowest BCUT2D eigenvalue weighted by Crippen LogP contribution is -2.28. The Morgan fingerprint density at radius 1 is 1.13 bits per heavy atom. The first-order valence-electron chi connectivity index (χ1n) is 8.28. The maximum absolute atomic E-state index is 11.7. The first kappa shape index (κ1) is 19.7. The van der Waals surface area contributed by atoms with Crippen molar-refractivity contribution in [3.8, 4) is 5.75 Å². The van der Waals surface area contributed by atoms with Gasteiger partial charge in [0.2, 0.25) is 0 Å². The van der Waals surface area contributed by atoms with Crippen LogP contribution in [0.25, 0.3) is 0 Å². The monoisotopic (exact) mass is 322 g/mol. The number of carbonyl (C=O) groups excluding carboxylic acids is 1. The topological polar surface area (TPSA) is 55.8 Å². The number of ketones is 1. The molecular formula is C19H30O4. The van der Waals surface area contributed by atoms with E-state index < -0.39 is 6.10 Å². The van der Waals surface area contributed by atoms with Crippen LogP contribution in [0.4, 0.5) is 0 Å². The number of methoxy groups -OCH3 is 1. The van der Waals surface area contributed by atoms with Gasteiger partial charge in [-0.3, -0.25) is 4.79 Å². The van der Waals surface area contributed by atoms with Crippen LogP contribution >= 0.6 is 0 Å². The van der Waals surface area contributed by atoms with E-state index in [1.807, 2.05) is 38.1 Å². The SMILES string of the molecule is COc1ccc(CO[C@H](C[C@@H](O)CC(=O)C(C)C)C(C)C)cc1. The van der Waals surface area contributed by atoms with Gasteiger partial charge in [0.1, 0.15) is 11.5 Å². The van der Waals surface area contributed by atoms with Crippen LogP contribution in [0.1, 0.15) is 46.1 Å². The predicted molar refractivity (Wildman–Crippen MR) is 91.5 cm³/mol. The number of rotatable bonds is 10. The third-order valence-corrected chi connectivity index (χ3v) is 3.95. The second-order valence-electron chi connectivity index (χ2n) is 6.66. The molecule has 23 heavy (non-hydrogen) atoms. The van der Waals surface area contributed by atoms with Crippen LogP contribution in [0.15, 0.2) is 24.3 Å². The molecule has 0 aliphatic carbocycles. The smallest absolute Gasteiger partial charge is 0.137 e. The summed E-state index contributed by atoms with van der Waals surface area (Å²) < 4.78 is 11.1. The van der Waals surface area contributed by atoms with Crippen LogP contribution in [-0.4, -0.2) is 30.2 Å². The molecule has 0 amide bonds. The first-order valence-corrected chi connectivity index (χ1v) is 8.28. The molecule has 1 aromatic rings. The summed E-state index contributed by atoms with van der Waals surface area (Å²) in [5, 5.41) is 10.1. The van der Waals surface area contributed by atoms with Gasteiger partial charge in [-0.05, 0) is 23.6 Å². The fraction of sp³-hybridized carbons (Fsp3) is 0.632. The lowest BCUT2D eigenvalue weighted by Gasteiger charge is -2.24. The van der Waals surface area contributed by atoms with Crippen molar-refractivity contribution in [1.82, 2.24) is 0 Å². The third kappa shape index (κ3) is 7.14. The molecule has 0 radical (unpaired) electrons. The highest BCUT2D eigenvalue weighted by atomic mass is 16.5. The van der Waals surface area contributed by atoms with E-state index in [1.165, 1.54) is 0 Å². The number of carbonyl (C=O) groups is 1. The van der Waals surface area contributed by atoms with Gasteiger partial charge >= 0.3 is 0 Å². The van der Waals surface area contributed by atoms with Gasteiger partial charge in [-0.2, -0.15) is 0 Å². The minimum absolute atomic E-state index is 0.0395. The molecule has 4 nitrogen and oxygen atoms in total. The lowest BCUT2D eigenvalue weighted by molar-refractivity contribution is -0.124. The standard InChI is InChI=1S/C19H30O4/c1-13(2)18(21)10-16(20)11-19(14(3)4)23-12-15-6-8-17(22-5)9-7-15/h6-9,13-14,16,19-20H,10-12H2,1-5H3/t16-,19+/m0/s1. The number of aliphatic hydroxyl groups excluding tert-OH is 1. The van der Waals surface area contributed by atoms with Crippen molar-refractivity contribution in [1.29, 1.82) is 0 Å².